The van der Waals surface area contributed by atoms with E-state index in [2.05, 4.69) is 21.2 Å². The second kappa shape index (κ2) is 7.04. The number of amides is 1. The number of carboxylic acid groups (broad SMARTS) is 1. The quantitative estimate of drug-likeness (QED) is 0.848. The van der Waals surface area contributed by atoms with Crippen molar-refractivity contribution in [2.75, 3.05) is 13.2 Å². The smallest absolute Gasteiger partial charge is 0.305 e. The van der Waals surface area contributed by atoms with Crippen LogP contribution in [0, 0.1) is 0 Å². The first kappa shape index (κ1) is 16.0. The van der Waals surface area contributed by atoms with E-state index in [-0.39, 0.29) is 18.7 Å². The lowest BCUT2D eigenvalue weighted by Crippen LogP contribution is -2.53. The summed E-state index contributed by atoms with van der Waals surface area (Å²) in [6.45, 7) is 0.950. The molecule has 1 heterocycles. The van der Waals surface area contributed by atoms with Crippen molar-refractivity contribution in [3.8, 4) is 0 Å². The molecule has 5 nitrogen and oxygen atoms in total. The fourth-order valence-electron chi connectivity index (χ4n) is 2.55. The highest BCUT2D eigenvalue weighted by Gasteiger charge is 2.36. The molecule has 0 atom stereocenters. The van der Waals surface area contributed by atoms with Gasteiger partial charge in [-0.2, -0.15) is 0 Å². The molecule has 0 aliphatic carbocycles. The molecule has 0 bridgehead atoms. The highest BCUT2D eigenvalue weighted by Crippen LogP contribution is 2.25. The molecule has 2 N–H and O–H groups in total. The third kappa shape index (κ3) is 4.54. The summed E-state index contributed by atoms with van der Waals surface area (Å²) in [4.78, 5) is 23.3. The van der Waals surface area contributed by atoms with Crippen LogP contribution in [0.1, 0.15) is 24.8 Å². The molecule has 1 saturated heterocycles. The Morgan fingerprint density at radius 2 is 1.95 bits per heavy atom. The summed E-state index contributed by atoms with van der Waals surface area (Å²) in [5.74, 6) is -1.07. The molecule has 114 valence electrons. The molecule has 1 fully saturated rings. The van der Waals surface area contributed by atoms with Crippen LogP contribution in [-0.4, -0.2) is 35.7 Å². The first-order valence-corrected chi connectivity index (χ1v) is 7.64. The van der Waals surface area contributed by atoms with Crippen molar-refractivity contribution in [2.24, 2.45) is 0 Å². The van der Waals surface area contributed by atoms with E-state index in [9.17, 15) is 9.59 Å². The number of carbonyl (C=O) groups is 2. The van der Waals surface area contributed by atoms with E-state index in [0.29, 0.717) is 26.1 Å². The first-order valence-electron chi connectivity index (χ1n) is 6.85. The second-order valence-corrected chi connectivity index (χ2v) is 6.13. The lowest BCUT2D eigenvalue weighted by Gasteiger charge is -2.36. The Morgan fingerprint density at radius 1 is 1.29 bits per heavy atom. The summed E-state index contributed by atoms with van der Waals surface area (Å²) in [5.41, 5.74) is 0.190. The van der Waals surface area contributed by atoms with Gasteiger partial charge in [-0.15, -0.1) is 0 Å². The molecule has 0 aromatic heterocycles. The van der Waals surface area contributed by atoms with Crippen molar-refractivity contribution in [3.05, 3.63) is 34.3 Å². The van der Waals surface area contributed by atoms with E-state index in [1.54, 1.807) is 0 Å². The maximum absolute atomic E-state index is 12.3. The third-order valence-electron chi connectivity index (χ3n) is 3.65. The Kier molecular flexibility index (Phi) is 5.36. The van der Waals surface area contributed by atoms with Crippen LogP contribution >= 0.6 is 15.9 Å². The third-order valence-corrected chi connectivity index (χ3v) is 4.43. The second-order valence-electron chi connectivity index (χ2n) is 5.28. The Balaban J connectivity index is 2.04. The van der Waals surface area contributed by atoms with Crippen molar-refractivity contribution >= 4 is 27.8 Å². The number of carboxylic acids is 1. The SMILES string of the molecule is O=C(O)CC1(NC(=O)Cc2ccccc2Br)CCOCC1. The normalized spacial score (nSPS) is 17.2. The minimum absolute atomic E-state index is 0.0714. The number of nitrogens with one attached hydrogen (secondary N) is 1. The Hall–Kier alpha value is -1.40. The molecule has 1 aliphatic heterocycles. The van der Waals surface area contributed by atoms with Crippen LogP contribution in [0.3, 0.4) is 0 Å². The minimum Gasteiger partial charge on any atom is -0.481 e. The highest BCUT2D eigenvalue weighted by atomic mass is 79.9. The predicted octanol–water partition coefficient (Wildman–Crippen LogP) is 2.13. The van der Waals surface area contributed by atoms with Gasteiger partial charge < -0.3 is 15.2 Å². The number of carbonyl (C=O) groups excluding carboxylic acids is 1. The average Bonchev–Trinajstić information content (AvgIpc) is 2.41. The largest absolute Gasteiger partial charge is 0.481 e. The van der Waals surface area contributed by atoms with Crippen molar-refractivity contribution < 1.29 is 19.4 Å². The fourth-order valence-corrected chi connectivity index (χ4v) is 2.98. The van der Waals surface area contributed by atoms with E-state index in [1.165, 1.54) is 0 Å². The van der Waals surface area contributed by atoms with Gasteiger partial charge in [0.1, 0.15) is 0 Å². The monoisotopic (exact) mass is 355 g/mol. The Labute approximate surface area is 131 Å². The summed E-state index contributed by atoms with van der Waals surface area (Å²) in [6.07, 6.45) is 1.21. The summed E-state index contributed by atoms with van der Waals surface area (Å²) in [5, 5.41) is 12.0. The lowest BCUT2D eigenvalue weighted by atomic mass is 9.86. The van der Waals surface area contributed by atoms with Crippen LogP contribution in [0.4, 0.5) is 0 Å². The number of benzene rings is 1. The van der Waals surface area contributed by atoms with E-state index < -0.39 is 11.5 Å². The fraction of sp³-hybridized carbons (Fsp3) is 0.467. The van der Waals surface area contributed by atoms with Gasteiger partial charge in [0.15, 0.2) is 0 Å². The molecule has 1 aromatic carbocycles. The van der Waals surface area contributed by atoms with Crippen molar-refractivity contribution in [2.45, 2.75) is 31.2 Å². The molecular weight excluding hydrogens is 338 g/mol. The van der Waals surface area contributed by atoms with Gasteiger partial charge in [0, 0.05) is 17.7 Å². The van der Waals surface area contributed by atoms with Crippen LogP contribution in [0.5, 0.6) is 0 Å². The molecule has 6 heteroatoms. The van der Waals surface area contributed by atoms with Crippen LogP contribution in [0.25, 0.3) is 0 Å². The number of halogens is 1. The van der Waals surface area contributed by atoms with E-state index in [1.807, 2.05) is 24.3 Å². The van der Waals surface area contributed by atoms with Gasteiger partial charge in [0.05, 0.1) is 18.4 Å². The van der Waals surface area contributed by atoms with Gasteiger partial charge in [0.25, 0.3) is 0 Å². The predicted molar refractivity (Wildman–Crippen MR) is 81.0 cm³/mol. The van der Waals surface area contributed by atoms with Crippen LogP contribution in [0.2, 0.25) is 0 Å². The van der Waals surface area contributed by atoms with Gasteiger partial charge >= 0.3 is 5.97 Å². The number of aliphatic carboxylic acids is 1. The number of hydrogen-bond donors (Lipinski definition) is 2. The zero-order chi connectivity index (χ0) is 15.3. The molecule has 2 rings (SSSR count). The van der Waals surface area contributed by atoms with Crippen LogP contribution < -0.4 is 5.32 Å². The maximum Gasteiger partial charge on any atom is 0.305 e. The van der Waals surface area contributed by atoms with Gasteiger partial charge in [-0.1, -0.05) is 34.1 Å². The summed E-state index contributed by atoms with van der Waals surface area (Å²) < 4.78 is 6.15. The van der Waals surface area contributed by atoms with Crippen molar-refractivity contribution in [1.29, 1.82) is 0 Å². The molecular formula is C15H18BrNO4. The van der Waals surface area contributed by atoms with Gasteiger partial charge in [-0.25, -0.2) is 0 Å². The van der Waals surface area contributed by atoms with Crippen LogP contribution in [-0.2, 0) is 20.7 Å². The maximum atomic E-state index is 12.3. The number of ether oxygens (including phenoxy) is 1. The summed E-state index contributed by atoms with van der Waals surface area (Å²) in [6, 6.07) is 7.51. The topological polar surface area (TPSA) is 75.6 Å². The molecule has 1 amide bonds. The Morgan fingerprint density at radius 3 is 2.57 bits per heavy atom. The molecule has 0 spiro atoms. The number of rotatable bonds is 5. The number of hydrogen-bond acceptors (Lipinski definition) is 3. The standard InChI is InChI=1S/C15H18BrNO4/c16-12-4-2-1-3-11(12)9-13(18)17-15(10-14(19)20)5-7-21-8-6-15/h1-4H,5-10H2,(H,17,18)(H,19,20). The van der Waals surface area contributed by atoms with Crippen LogP contribution in [0.15, 0.2) is 28.7 Å². The zero-order valence-corrected chi connectivity index (χ0v) is 13.2. The molecule has 1 aliphatic rings. The van der Waals surface area contributed by atoms with Gasteiger partial charge in [-0.3, -0.25) is 9.59 Å². The summed E-state index contributed by atoms with van der Waals surface area (Å²) >= 11 is 3.41. The lowest BCUT2D eigenvalue weighted by molar-refractivity contribution is -0.140. The highest BCUT2D eigenvalue weighted by molar-refractivity contribution is 9.10. The van der Waals surface area contributed by atoms with Crippen molar-refractivity contribution in [1.82, 2.24) is 5.32 Å². The molecule has 1 aromatic rings. The molecule has 0 radical (unpaired) electrons. The van der Waals surface area contributed by atoms with Gasteiger partial charge in [-0.05, 0) is 24.5 Å². The molecule has 21 heavy (non-hydrogen) atoms. The average molecular weight is 356 g/mol. The van der Waals surface area contributed by atoms with E-state index >= 15 is 0 Å². The summed E-state index contributed by atoms with van der Waals surface area (Å²) in [7, 11) is 0. The molecule has 0 saturated carbocycles. The molecule has 0 unspecified atom stereocenters. The first-order chi connectivity index (χ1) is 10.0. The van der Waals surface area contributed by atoms with E-state index in [4.69, 9.17) is 9.84 Å². The van der Waals surface area contributed by atoms with Gasteiger partial charge in [0.2, 0.25) is 5.91 Å². The Bertz CT molecular complexity index is 526. The minimum atomic E-state index is -0.905. The van der Waals surface area contributed by atoms with Crippen molar-refractivity contribution in [3.63, 3.8) is 0 Å². The van der Waals surface area contributed by atoms with E-state index in [0.717, 1.165) is 10.0 Å². The zero-order valence-electron chi connectivity index (χ0n) is 11.6.